The first-order valence-electron chi connectivity index (χ1n) is 11.1. The van der Waals surface area contributed by atoms with E-state index in [1.54, 1.807) is 0 Å². The van der Waals surface area contributed by atoms with Gasteiger partial charge in [-0.1, -0.05) is 96.5 Å². The second-order valence-electron chi connectivity index (χ2n) is 8.64. The van der Waals surface area contributed by atoms with Gasteiger partial charge in [0.15, 0.2) is 0 Å². The Morgan fingerprint density at radius 3 is 2.12 bits per heavy atom. The Hall–Kier alpha value is -3.01. The Morgan fingerprint density at radius 1 is 0.758 bits per heavy atom. The lowest BCUT2D eigenvalue weighted by Crippen LogP contribution is -2.67. The molecule has 2 nitrogen and oxygen atoms in total. The molecule has 4 aromatic rings. The van der Waals surface area contributed by atoms with Crippen molar-refractivity contribution < 1.29 is 4.79 Å². The fraction of sp³-hybridized carbons (Fsp3) is 0.138. The Bertz CT molecular complexity index is 1310. The van der Waals surface area contributed by atoms with Crippen molar-refractivity contribution in [1.29, 1.82) is 0 Å². The smallest absolute Gasteiger partial charge is 0.238 e. The van der Waals surface area contributed by atoms with Gasteiger partial charge in [0, 0.05) is 15.2 Å². The van der Waals surface area contributed by atoms with E-state index in [2.05, 4.69) is 71.6 Å². The minimum atomic E-state index is -0.469. The number of carbonyl (C=O) groups excluding carboxylic acids is 1. The van der Waals surface area contributed by atoms with Crippen LogP contribution in [-0.4, -0.2) is 5.91 Å². The van der Waals surface area contributed by atoms with Gasteiger partial charge in [0.1, 0.15) is 0 Å². The zero-order valence-corrected chi connectivity index (χ0v) is 19.5. The van der Waals surface area contributed by atoms with Crippen molar-refractivity contribution >= 4 is 35.0 Å². The van der Waals surface area contributed by atoms with Gasteiger partial charge in [-0.2, -0.15) is 0 Å². The van der Waals surface area contributed by atoms with Crippen molar-refractivity contribution in [3.05, 3.63) is 131 Å². The molecule has 0 aliphatic carbocycles. The average Bonchev–Trinajstić information content (AvgIpc) is 2.98. The van der Waals surface area contributed by atoms with Crippen molar-refractivity contribution in [2.45, 2.75) is 28.0 Å². The lowest BCUT2D eigenvalue weighted by molar-refractivity contribution is -0.131. The second kappa shape index (κ2) is 8.09. The summed E-state index contributed by atoms with van der Waals surface area (Å²) in [7, 11) is 0. The second-order valence-corrected chi connectivity index (χ2v) is 10.3. The largest absolute Gasteiger partial charge is 0.299 e. The summed E-state index contributed by atoms with van der Waals surface area (Å²) in [5.41, 5.74) is 4.00. The highest BCUT2D eigenvalue weighted by atomic mass is 35.5. The quantitative estimate of drug-likeness (QED) is 0.289. The summed E-state index contributed by atoms with van der Waals surface area (Å²) in [5.74, 6) is -0.0717. The first-order chi connectivity index (χ1) is 16.2. The highest BCUT2D eigenvalue weighted by molar-refractivity contribution is 7.99. The molecule has 6 rings (SSSR count). The predicted octanol–water partition coefficient (Wildman–Crippen LogP) is 7.60. The molecule has 1 fully saturated rings. The maximum atomic E-state index is 13.9. The molecule has 0 saturated carbocycles. The summed E-state index contributed by atoms with van der Waals surface area (Å²) in [5, 5.41) is 0.908. The molecular formula is C29H22ClNOS. The van der Waals surface area contributed by atoms with Crippen molar-refractivity contribution in [3.63, 3.8) is 0 Å². The Balaban J connectivity index is 1.60. The lowest BCUT2D eigenvalue weighted by atomic mass is 9.63. The Labute approximate surface area is 203 Å². The van der Waals surface area contributed by atoms with Crippen LogP contribution in [0.15, 0.2) is 114 Å². The third-order valence-electron chi connectivity index (χ3n) is 6.86. The van der Waals surface area contributed by atoms with Crippen LogP contribution in [0.25, 0.3) is 0 Å². The number of amides is 1. The Morgan fingerprint density at radius 2 is 1.39 bits per heavy atom. The van der Waals surface area contributed by atoms with Crippen molar-refractivity contribution in [1.82, 2.24) is 0 Å². The monoisotopic (exact) mass is 467 g/mol. The van der Waals surface area contributed by atoms with Crippen LogP contribution < -0.4 is 4.90 Å². The number of carbonyl (C=O) groups is 1. The number of hydrogen-bond acceptors (Lipinski definition) is 2. The zero-order valence-electron chi connectivity index (χ0n) is 17.9. The molecule has 0 spiro atoms. The van der Waals surface area contributed by atoms with Gasteiger partial charge >= 0.3 is 0 Å². The summed E-state index contributed by atoms with van der Waals surface area (Å²) in [6.07, 6.45) is 0.809. The normalized spacial score (nSPS) is 23.8. The molecule has 0 bridgehead atoms. The fourth-order valence-electron chi connectivity index (χ4n) is 5.42. The highest BCUT2D eigenvalue weighted by Crippen LogP contribution is 2.63. The average molecular weight is 468 g/mol. The Kier molecular flexibility index (Phi) is 5.05. The summed E-state index contributed by atoms with van der Waals surface area (Å²) >= 11 is 8.05. The molecule has 162 valence electrons. The molecule has 2 aliphatic heterocycles. The molecule has 2 aliphatic rings. The first kappa shape index (κ1) is 20.6. The number of halogens is 1. The number of benzene rings is 4. The van der Waals surface area contributed by atoms with Gasteiger partial charge in [-0.15, -0.1) is 11.8 Å². The maximum absolute atomic E-state index is 13.9. The van der Waals surface area contributed by atoms with E-state index in [-0.39, 0.29) is 17.1 Å². The van der Waals surface area contributed by atoms with Crippen molar-refractivity contribution in [2.75, 3.05) is 4.90 Å². The van der Waals surface area contributed by atoms with Crippen LogP contribution >= 0.6 is 23.4 Å². The van der Waals surface area contributed by atoms with Crippen LogP contribution in [0, 0.1) is 0 Å². The lowest BCUT2D eigenvalue weighted by Gasteiger charge is -2.58. The SMILES string of the molecule is O=C1[C@H](c2ccccc2)[C@]2(c3ccccc3)C[C@H](c3ccc(Cl)cc3)Sc3ccccc3N12. The summed E-state index contributed by atoms with van der Waals surface area (Å²) in [6, 6.07) is 37.2. The molecule has 0 radical (unpaired) electrons. The molecule has 4 aromatic carbocycles. The van der Waals surface area contributed by atoms with E-state index >= 15 is 0 Å². The summed E-state index contributed by atoms with van der Waals surface area (Å²) in [6.45, 7) is 0. The number of anilines is 1. The summed E-state index contributed by atoms with van der Waals surface area (Å²) in [4.78, 5) is 17.1. The third-order valence-corrected chi connectivity index (χ3v) is 8.44. The first-order valence-corrected chi connectivity index (χ1v) is 12.4. The number of nitrogens with zero attached hydrogens (tertiary/aromatic N) is 1. The molecule has 3 atom stereocenters. The number of β-lactam (4-membered cyclic amide) rings is 1. The van der Waals surface area contributed by atoms with Gasteiger partial charge in [-0.3, -0.25) is 9.69 Å². The maximum Gasteiger partial charge on any atom is 0.238 e. The fourth-order valence-corrected chi connectivity index (χ4v) is 6.92. The van der Waals surface area contributed by atoms with Crippen LogP contribution in [0.1, 0.15) is 34.3 Å². The molecule has 1 saturated heterocycles. The van der Waals surface area contributed by atoms with Crippen LogP contribution in [0.4, 0.5) is 5.69 Å². The molecule has 0 unspecified atom stereocenters. The topological polar surface area (TPSA) is 20.3 Å². The van der Waals surface area contributed by atoms with E-state index in [0.29, 0.717) is 0 Å². The standard InChI is InChI=1S/C29H22ClNOS/c30-23-17-15-20(16-18-23)26-19-29(22-11-5-2-6-12-22)27(21-9-3-1-4-10-21)28(32)31(29)24-13-7-8-14-25(24)33-26/h1-18,26-27H,19H2/t26-,27+,29-/m1/s1. The highest BCUT2D eigenvalue weighted by Gasteiger charge is 2.63. The molecule has 1 amide bonds. The molecular weight excluding hydrogens is 446 g/mol. The van der Waals surface area contributed by atoms with Crippen LogP contribution in [-0.2, 0) is 10.3 Å². The van der Waals surface area contributed by atoms with Gasteiger partial charge in [0.25, 0.3) is 0 Å². The number of hydrogen-bond donors (Lipinski definition) is 0. The van der Waals surface area contributed by atoms with E-state index in [1.165, 1.54) is 11.1 Å². The van der Waals surface area contributed by atoms with Gasteiger partial charge in [0.2, 0.25) is 5.91 Å². The minimum Gasteiger partial charge on any atom is -0.299 e. The number of thioether (sulfide) groups is 1. The molecule has 0 aromatic heterocycles. The molecule has 2 heterocycles. The van der Waals surface area contributed by atoms with Crippen LogP contribution in [0.2, 0.25) is 5.02 Å². The van der Waals surface area contributed by atoms with E-state index in [4.69, 9.17) is 11.6 Å². The minimum absolute atomic E-state index is 0.162. The van der Waals surface area contributed by atoms with Gasteiger partial charge in [-0.25, -0.2) is 0 Å². The van der Waals surface area contributed by atoms with Crippen molar-refractivity contribution in [3.8, 4) is 0 Å². The number of para-hydroxylation sites is 1. The number of fused-ring (bicyclic) bond motifs is 3. The van der Waals surface area contributed by atoms with Crippen molar-refractivity contribution in [2.24, 2.45) is 0 Å². The van der Waals surface area contributed by atoms with Gasteiger partial charge < -0.3 is 0 Å². The molecule has 4 heteroatoms. The third kappa shape index (κ3) is 3.22. The van der Waals surface area contributed by atoms with Crippen LogP contribution in [0.3, 0.4) is 0 Å². The van der Waals surface area contributed by atoms with E-state index in [0.717, 1.165) is 27.6 Å². The van der Waals surface area contributed by atoms with Crippen LogP contribution in [0.5, 0.6) is 0 Å². The van der Waals surface area contributed by atoms with E-state index in [1.807, 2.05) is 54.2 Å². The molecule has 33 heavy (non-hydrogen) atoms. The van der Waals surface area contributed by atoms with E-state index < -0.39 is 5.54 Å². The van der Waals surface area contributed by atoms with Gasteiger partial charge in [0.05, 0.1) is 17.1 Å². The summed E-state index contributed by atoms with van der Waals surface area (Å²) < 4.78 is 0. The number of rotatable bonds is 3. The zero-order chi connectivity index (χ0) is 22.4. The predicted molar refractivity (Wildman–Crippen MR) is 136 cm³/mol. The van der Waals surface area contributed by atoms with E-state index in [9.17, 15) is 4.79 Å². The van der Waals surface area contributed by atoms with Gasteiger partial charge in [-0.05, 0) is 47.4 Å². The molecule has 0 N–H and O–H groups in total.